The van der Waals surface area contributed by atoms with Crippen molar-refractivity contribution >= 4 is 48.0 Å². The van der Waals surface area contributed by atoms with Gasteiger partial charge in [-0.15, -0.1) is 0 Å². The zero-order chi connectivity index (χ0) is 15.3. The maximum atomic E-state index is 12.1. The Labute approximate surface area is 140 Å². The molecule has 4 nitrogen and oxygen atoms in total. The summed E-state index contributed by atoms with van der Waals surface area (Å²) in [6, 6.07) is 6.41. The summed E-state index contributed by atoms with van der Waals surface area (Å²) in [7, 11) is 0. The normalized spacial score (nSPS) is 11.0. The molecule has 21 heavy (non-hydrogen) atoms. The van der Waals surface area contributed by atoms with E-state index in [-0.39, 0.29) is 42.6 Å². The van der Waals surface area contributed by atoms with Crippen molar-refractivity contribution < 1.29 is 19.1 Å². The van der Waals surface area contributed by atoms with E-state index in [0.29, 0.717) is 16.2 Å². The second-order valence-electron chi connectivity index (χ2n) is 4.37. The average molecular weight is 303 g/mol. The fourth-order valence-electron chi connectivity index (χ4n) is 1.46. The third-order valence-corrected chi connectivity index (χ3v) is 2.89. The van der Waals surface area contributed by atoms with Gasteiger partial charge >= 0.3 is 24.8 Å². The molecule has 1 aromatic carbocycles. The second kappa shape index (κ2) is 8.84. The van der Waals surface area contributed by atoms with Crippen LogP contribution in [0.1, 0.15) is 37.6 Å². The molecule has 0 amide bonds. The number of esters is 1. The van der Waals surface area contributed by atoms with Crippen molar-refractivity contribution in [1.29, 1.82) is 0 Å². The van der Waals surface area contributed by atoms with Gasteiger partial charge in [-0.1, -0.05) is 11.6 Å². The number of ether oxygens (including phenoxy) is 1. The van der Waals surface area contributed by atoms with E-state index < -0.39 is 5.97 Å². The van der Waals surface area contributed by atoms with Crippen LogP contribution >= 0.6 is 11.6 Å². The number of Topliss-reactive ketones (excluding diaryl/α,β-unsaturated/α-hetero) is 2. The van der Waals surface area contributed by atoms with Crippen LogP contribution in [-0.4, -0.2) is 36.4 Å². The van der Waals surface area contributed by atoms with Crippen LogP contribution in [0.25, 0.3) is 0 Å². The predicted octanol–water partition coefficient (Wildman–Crippen LogP) is 2.69. The van der Waals surface area contributed by atoms with Gasteiger partial charge in [0.15, 0.2) is 5.78 Å². The average Bonchev–Trinajstić information content (AvgIpc) is 2.36. The van der Waals surface area contributed by atoms with E-state index in [2.05, 4.69) is 0 Å². The van der Waals surface area contributed by atoms with Gasteiger partial charge < -0.3 is 4.74 Å². The third-order valence-electron chi connectivity index (χ3n) is 2.64. The van der Waals surface area contributed by atoms with E-state index in [1.54, 1.807) is 31.2 Å². The first-order valence-corrected chi connectivity index (χ1v) is 6.37. The fourth-order valence-corrected chi connectivity index (χ4v) is 1.59. The fraction of sp³-hybridized carbons (Fsp3) is 0.267. The van der Waals surface area contributed by atoms with Crippen molar-refractivity contribution in [2.45, 2.75) is 27.2 Å². The first kappa shape index (κ1) is 19.7. The Morgan fingerprint density at radius 2 is 1.57 bits per heavy atom. The van der Waals surface area contributed by atoms with Crippen LogP contribution in [-0.2, 0) is 14.3 Å². The van der Waals surface area contributed by atoms with Gasteiger partial charge in [-0.2, -0.15) is 0 Å². The number of hydrogen-bond acceptors (Lipinski definition) is 4. The molecule has 1 rings (SSSR count). The summed E-state index contributed by atoms with van der Waals surface area (Å²) in [6.07, 6.45) is -0.306. The van der Waals surface area contributed by atoms with E-state index in [1.165, 1.54) is 13.8 Å². The Hall–Kier alpha value is -1.34. The van der Waals surface area contributed by atoms with E-state index in [1.807, 2.05) is 0 Å². The van der Waals surface area contributed by atoms with Crippen molar-refractivity contribution in [2.24, 2.45) is 0 Å². The molecular formula is C15H16ClLiO4. The molecule has 0 atom stereocenters. The number of allylic oxidation sites excluding steroid dienone is 2. The molecule has 0 aliphatic rings. The SMILES string of the molecule is CC(=O)CC(=O)O/C(C)=C(/C)C(=O)c1ccc(Cl)cc1.[LiH]. The molecule has 0 radical (unpaired) electrons. The summed E-state index contributed by atoms with van der Waals surface area (Å²) >= 11 is 5.75. The topological polar surface area (TPSA) is 60.4 Å². The molecule has 0 aliphatic heterocycles. The quantitative estimate of drug-likeness (QED) is 0.209. The Bertz CT molecular complexity index is 576. The summed E-state index contributed by atoms with van der Waals surface area (Å²) in [4.78, 5) is 34.3. The molecular weight excluding hydrogens is 287 g/mol. The van der Waals surface area contributed by atoms with Crippen molar-refractivity contribution in [3.05, 3.63) is 46.2 Å². The van der Waals surface area contributed by atoms with Crippen LogP contribution in [0.5, 0.6) is 0 Å². The Balaban J connectivity index is 0.00000400. The summed E-state index contributed by atoms with van der Waals surface area (Å²) in [5.74, 6) is -1.02. The standard InChI is InChI=1S/C15H15ClO4.Li.H/c1-9(17)8-14(18)20-11(3)10(2)15(19)12-4-6-13(16)7-5-12;;/h4-7H,8H2,1-3H3;;/b11-10-;;. The van der Waals surface area contributed by atoms with Crippen molar-refractivity contribution in [1.82, 2.24) is 0 Å². The third kappa shape index (κ3) is 6.30. The molecule has 0 aliphatic carbocycles. The minimum absolute atomic E-state index is 0. The van der Waals surface area contributed by atoms with Gasteiger partial charge in [0, 0.05) is 16.2 Å². The van der Waals surface area contributed by atoms with E-state index in [9.17, 15) is 14.4 Å². The molecule has 6 heteroatoms. The van der Waals surface area contributed by atoms with Gasteiger partial charge in [0.05, 0.1) is 0 Å². The van der Waals surface area contributed by atoms with E-state index in [0.717, 1.165) is 0 Å². The van der Waals surface area contributed by atoms with Crippen LogP contribution in [0.3, 0.4) is 0 Å². The first-order chi connectivity index (χ1) is 9.31. The van der Waals surface area contributed by atoms with Gasteiger partial charge in [-0.3, -0.25) is 14.4 Å². The molecule has 0 fully saturated rings. The van der Waals surface area contributed by atoms with E-state index >= 15 is 0 Å². The molecule has 0 bridgehead atoms. The maximum absolute atomic E-state index is 12.1. The minimum atomic E-state index is -0.668. The summed E-state index contributed by atoms with van der Waals surface area (Å²) in [5, 5.41) is 0.535. The molecule has 108 valence electrons. The number of rotatable bonds is 5. The van der Waals surface area contributed by atoms with Gasteiger partial charge in [0.1, 0.15) is 18.0 Å². The van der Waals surface area contributed by atoms with Gasteiger partial charge in [0.2, 0.25) is 0 Å². The number of halogens is 1. The van der Waals surface area contributed by atoms with E-state index in [4.69, 9.17) is 16.3 Å². The molecule has 0 N–H and O–H groups in total. The summed E-state index contributed by atoms with van der Waals surface area (Å²) < 4.78 is 4.96. The monoisotopic (exact) mass is 302 g/mol. The van der Waals surface area contributed by atoms with Gasteiger partial charge in [-0.25, -0.2) is 0 Å². The Morgan fingerprint density at radius 1 is 1.05 bits per heavy atom. The molecule has 1 aromatic rings. The van der Waals surface area contributed by atoms with Crippen molar-refractivity contribution in [3.63, 3.8) is 0 Å². The zero-order valence-electron chi connectivity index (χ0n) is 11.5. The number of benzene rings is 1. The summed E-state index contributed by atoms with van der Waals surface area (Å²) in [6.45, 7) is 4.38. The van der Waals surface area contributed by atoms with Crippen LogP contribution in [0.4, 0.5) is 0 Å². The molecule has 0 heterocycles. The number of carbonyl (C=O) groups is 3. The number of ketones is 2. The van der Waals surface area contributed by atoms with Crippen LogP contribution < -0.4 is 0 Å². The van der Waals surface area contributed by atoms with Crippen LogP contribution in [0, 0.1) is 0 Å². The molecule has 0 unspecified atom stereocenters. The van der Waals surface area contributed by atoms with Gasteiger partial charge in [0.25, 0.3) is 0 Å². The van der Waals surface area contributed by atoms with Gasteiger partial charge in [-0.05, 0) is 45.0 Å². The Kier molecular flexibility index (Phi) is 8.27. The first-order valence-electron chi connectivity index (χ1n) is 5.99. The number of hydrogen-bond donors (Lipinski definition) is 0. The second-order valence-corrected chi connectivity index (χ2v) is 4.81. The zero-order valence-corrected chi connectivity index (χ0v) is 12.3. The predicted molar refractivity (Wildman–Crippen MR) is 82.7 cm³/mol. The van der Waals surface area contributed by atoms with Crippen LogP contribution in [0.15, 0.2) is 35.6 Å². The number of carbonyl (C=O) groups excluding carboxylic acids is 3. The van der Waals surface area contributed by atoms with Crippen molar-refractivity contribution in [2.75, 3.05) is 0 Å². The Morgan fingerprint density at radius 3 is 2.05 bits per heavy atom. The molecule has 0 saturated heterocycles. The van der Waals surface area contributed by atoms with Crippen molar-refractivity contribution in [3.8, 4) is 0 Å². The molecule has 0 aromatic heterocycles. The molecule has 0 spiro atoms. The summed E-state index contributed by atoms with van der Waals surface area (Å²) in [5.41, 5.74) is 0.762. The molecule has 0 saturated carbocycles. The van der Waals surface area contributed by atoms with Crippen LogP contribution in [0.2, 0.25) is 5.02 Å².